The van der Waals surface area contributed by atoms with Crippen LogP contribution < -0.4 is 10.5 Å². The van der Waals surface area contributed by atoms with Crippen LogP contribution in [0.1, 0.15) is 48.6 Å². The molecule has 1 aromatic heterocycles. The van der Waals surface area contributed by atoms with Crippen LogP contribution in [0.5, 0.6) is 5.75 Å². The van der Waals surface area contributed by atoms with Gasteiger partial charge in [-0.3, -0.25) is 4.79 Å². The topological polar surface area (TPSA) is 103 Å². The number of benzene rings is 2. The van der Waals surface area contributed by atoms with Crippen molar-refractivity contribution in [1.29, 1.82) is 0 Å². The van der Waals surface area contributed by atoms with E-state index in [9.17, 15) is 27.5 Å². The van der Waals surface area contributed by atoms with Crippen LogP contribution in [0.3, 0.4) is 0 Å². The lowest BCUT2D eigenvalue weighted by Crippen LogP contribution is -2.42. The minimum absolute atomic E-state index is 0.00510. The van der Waals surface area contributed by atoms with E-state index in [0.717, 1.165) is 18.6 Å². The molecule has 7 nitrogen and oxygen atoms in total. The average Bonchev–Trinajstić information content (AvgIpc) is 3.36. The number of carbonyl (C=O) groups is 1. The van der Waals surface area contributed by atoms with Gasteiger partial charge in [0.05, 0.1) is 25.7 Å². The molecule has 2 unspecified atom stereocenters. The molecule has 0 saturated heterocycles. The normalized spacial score (nSPS) is 14.5. The Bertz CT molecular complexity index is 1420. The molecule has 3 aromatic rings. The number of hydrogen-bond donors (Lipinski definition) is 2. The molecule has 12 heteroatoms. The zero-order valence-corrected chi connectivity index (χ0v) is 21.4. The van der Waals surface area contributed by atoms with Crippen molar-refractivity contribution in [3.63, 3.8) is 0 Å². The second kappa shape index (κ2) is 11.4. The maximum absolute atomic E-state index is 15.9. The van der Waals surface area contributed by atoms with Gasteiger partial charge < -0.3 is 20.1 Å². The van der Waals surface area contributed by atoms with Crippen LogP contribution in [0, 0.1) is 11.6 Å². The van der Waals surface area contributed by atoms with Gasteiger partial charge in [-0.2, -0.15) is 13.2 Å². The number of nitrogens with zero attached hydrogens (tertiary/aromatic N) is 3. The number of imidazole rings is 1. The third kappa shape index (κ3) is 5.85. The summed E-state index contributed by atoms with van der Waals surface area (Å²) in [4.78, 5) is 19.6. The molecular weight excluding hydrogens is 523 g/mol. The highest BCUT2D eigenvalue weighted by Gasteiger charge is 2.55. The van der Waals surface area contributed by atoms with E-state index in [4.69, 9.17) is 10.5 Å². The van der Waals surface area contributed by atoms with Crippen molar-refractivity contribution in [1.82, 2.24) is 9.55 Å². The lowest BCUT2D eigenvalue weighted by molar-refractivity contribution is -0.269. The molecule has 0 aliphatic rings. The first-order valence-electron chi connectivity index (χ1n) is 11.7. The van der Waals surface area contributed by atoms with Gasteiger partial charge in [0, 0.05) is 17.7 Å². The predicted octanol–water partition coefficient (Wildman–Crippen LogP) is 5.27. The minimum atomic E-state index is -4.97. The number of primary amides is 1. The summed E-state index contributed by atoms with van der Waals surface area (Å²) >= 11 is 0. The van der Waals surface area contributed by atoms with Gasteiger partial charge in [0.1, 0.15) is 11.4 Å². The summed E-state index contributed by atoms with van der Waals surface area (Å²) in [5, 5.41) is 10.2. The van der Waals surface area contributed by atoms with Gasteiger partial charge in [-0.15, -0.1) is 0 Å². The molecule has 0 radical (unpaired) electrons. The van der Waals surface area contributed by atoms with Crippen molar-refractivity contribution in [2.45, 2.75) is 44.5 Å². The summed E-state index contributed by atoms with van der Waals surface area (Å²) in [5.41, 5.74) is 1.67. The molecule has 0 bridgehead atoms. The number of aromatic nitrogens is 2. The first kappa shape index (κ1) is 29.5. The number of carbonyl (C=O) groups excluding carboxylic acids is 1. The Morgan fingerprint density at radius 3 is 2.51 bits per heavy atom. The Kier molecular flexibility index (Phi) is 8.59. The molecule has 0 aliphatic carbocycles. The van der Waals surface area contributed by atoms with Crippen LogP contribution >= 0.6 is 0 Å². The quantitative estimate of drug-likeness (QED) is 0.265. The van der Waals surface area contributed by atoms with Gasteiger partial charge in [-0.25, -0.2) is 18.8 Å². The molecule has 0 spiro atoms. The number of aliphatic hydroxyl groups is 1. The Labute approximate surface area is 221 Å². The fourth-order valence-corrected chi connectivity index (χ4v) is 4.04. The van der Waals surface area contributed by atoms with Crippen LogP contribution in [0.15, 0.2) is 60.5 Å². The van der Waals surface area contributed by atoms with Crippen LogP contribution in [-0.2, 0) is 16.9 Å². The van der Waals surface area contributed by atoms with E-state index in [-0.39, 0.29) is 34.8 Å². The van der Waals surface area contributed by atoms with Crippen LogP contribution in [-0.4, -0.2) is 39.6 Å². The lowest BCUT2D eigenvalue weighted by atomic mass is 9.90. The third-order valence-electron chi connectivity index (χ3n) is 6.44. The fraction of sp³-hybridized carbons (Fsp3) is 0.296. The van der Waals surface area contributed by atoms with Gasteiger partial charge >= 0.3 is 6.18 Å². The molecule has 0 aliphatic heterocycles. The first-order valence-corrected chi connectivity index (χ1v) is 11.7. The molecule has 1 heterocycles. The monoisotopic (exact) mass is 550 g/mol. The molecule has 3 N–H and O–H groups in total. The van der Waals surface area contributed by atoms with Crippen LogP contribution in [0.2, 0.25) is 0 Å². The maximum Gasteiger partial charge on any atom is 0.423 e. The molecule has 2 atom stereocenters. The Hall–Kier alpha value is -4.06. The van der Waals surface area contributed by atoms with Gasteiger partial charge in [0.2, 0.25) is 5.60 Å². The molecule has 0 fully saturated rings. The van der Waals surface area contributed by atoms with Crippen molar-refractivity contribution in [2.24, 2.45) is 10.7 Å². The summed E-state index contributed by atoms with van der Waals surface area (Å²) in [7, 11) is 1.32. The number of nitrogens with two attached hydrogens (primary N) is 1. The second-order valence-corrected chi connectivity index (χ2v) is 8.80. The number of amides is 1. The summed E-state index contributed by atoms with van der Waals surface area (Å²) in [6, 6.07) is 7.16. The number of rotatable bonds is 10. The second-order valence-electron chi connectivity index (χ2n) is 8.80. The van der Waals surface area contributed by atoms with Crippen molar-refractivity contribution in [2.75, 3.05) is 7.11 Å². The highest BCUT2D eigenvalue weighted by Crippen LogP contribution is 2.41. The van der Waals surface area contributed by atoms with E-state index < -0.39 is 47.4 Å². The van der Waals surface area contributed by atoms with Gasteiger partial charge in [-0.05, 0) is 35.8 Å². The number of halogens is 5. The largest absolute Gasteiger partial charge is 0.494 e. The molecule has 1 amide bonds. The highest BCUT2D eigenvalue weighted by molar-refractivity contribution is 6.43. The number of methoxy groups -OCH3 is 1. The van der Waals surface area contributed by atoms with Crippen LogP contribution in [0.25, 0.3) is 0 Å². The Morgan fingerprint density at radius 1 is 1.28 bits per heavy atom. The zero-order chi connectivity index (χ0) is 29.1. The summed E-state index contributed by atoms with van der Waals surface area (Å²) in [6.07, 6.45) is -2.56. The molecule has 2 aromatic carbocycles. The van der Waals surface area contributed by atoms with Crippen molar-refractivity contribution >= 4 is 17.3 Å². The van der Waals surface area contributed by atoms with Crippen molar-refractivity contribution in [3.8, 4) is 5.75 Å². The first-order chi connectivity index (χ1) is 18.3. The Balaban J connectivity index is 2.10. The Morgan fingerprint density at radius 2 is 1.97 bits per heavy atom. The summed E-state index contributed by atoms with van der Waals surface area (Å²) in [6.45, 7) is 6.04. The number of hydrogen-bond acceptors (Lipinski definition) is 5. The lowest BCUT2D eigenvalue weighted by Gasteiger charge is -2.27. The molecular formula is C27H27F5N4O3. The standard InChI is InChI=1S/C27H27F5N4O3/c1-5-20(25(33)37)35-24-18(15(3)16-8-10-21(39-4)19(28)11-16)9-7-17(23(24)29)12-36-13-22(34-14-36)26(38,6-2)27(30,31)32/h5,7-11,13-15,38H,1,6,12H2,2-4H3,(H2,33,37)/b35-20+. The fourth-order valence-electron chi connectivity index (χ4n) is 4.04. The molecule has 0 saturated carbocycles. The highest BCUT2D eigenvalue weighted by atomic mass is 19.4. The van der Waals surface area contributed by atoms with Crippen molar-refractivity contribution < 1.29 is 36.6 Å². The van der Waals surface area contributed by atoms with Gasteiger partial charge in [0.25, 0.3) is 5.91 Å². The zero-order valence-electron chi connectivity index (χ0n) is 21.4. The number of ether oxygens (including phenoxy) is 1. The average molecular weight is 551 g/mol. The van der Waals surface area contributed by atoms with E-state index in [1.54, 1.807) is 13.0 Å². The molecule has 39 heavy (non-hydrogen) atoms. The third-order valence-corrected chi connectivity index (χ3v) is 6.44. The predicted molar refractivity (Wildman–Crippen MR) is 135 cm³/mol. The van der Waals surface area contributed by atoms with E-state index in [0.29, 0.717) is 5.56 Å². The van der Waals surface area contributed by atoms with E-state index in [2.05, 4.69) is 16.6 Å². The van der Waals surface area contributed by atoms with Crippen molar-refractivity contribution in [3.05, 3.63) is 89.5 Å². The summed E-state index contributed by atoms with van der Waals surface area (Å²) in [5.74, 6) is -3.07. The van der Waals surface area contributed by atoms with Crippen LogP contribution in [0.4, 0.5) is 27.6 Å². The number of alkyl halides is 3. The van der Waals surface area contributed by atoms with E-state index >= 15 is 4.39 Å². The molecule has 208 valence electrons. The van der Waals surface area contributed by atoms with Gasteiger partial charge in [0.15, 0.2) is 17.4 Å². The van der Waals surface area contributed by atoms with E-state index in [1.807, 2.05) is 0 Å². The van der Waals surface area contributed by atoms with Gasteiger partial charge in [-0.1, -0.05) is 38.6 Å². The smallest absolute Gasteiger partial charge is 0.423 e. The van der Waals surface area contributed by atoms with E-state index in [1.165, 1.54) is 42.9 Å². The maximum atomic E-state index is 15.9. The molecule has 3 rings (SSSR count). The minimum Gasteiger partial charge on any atom is -0.494 e. The SMILES string of the molecule is C=C/C(=N\c1c(C(C)c2ccc(OC)c(F)c2)ccc(Cn2cnc(C(O)(CC)C(F)(F)F)c2)c1F)C(N)=O. The number of aliphatic imine (C=N–C) groups is 1. The summed E-state index contributed by atoms with van der Waals surface area (Å²) < 4.78 is 76.7.